The van der Waals surface area contributed by atoms with E-state index in [9.17, 15) is 0 Å². The fraction of sp³-hybridized carbons (Fsp3) is 0.375. The van der Waals surface area contributed by atoms with Crippen LogP contribution >= 0.6 is 11.8 Å². The van der Waals surface area contributed by atoms with Gasteiger partial charge in [0.15, 0.2) is 5.16 Å². The van der Waals surface area contributed by atoms with E-state index >= 15 is 0 Å². The first-order chi connectivity index (χ1) is 10.1. The average molecular weight is 303 g/mol. The molecule has 1 aromatic carbocycles. The molecule has 1 heterocycles. The number of hydrogen-bond donors (Lipinski definition) is 1. The third-order valence-electron chi connectivity index (χ3n) is 3.35. The summed E-state index contributed by atoms with van der Waals surface area (Å²) < 4.78 is 5.45. The van der Waals surface area contributed by atoms with E-state index in [4.69, 9.17) is 4.74 Å². The van der Waals surface area contributed by atoms with E-state index in [1.54, 1.807) is 18.9 Å². The lowest BCUT2D eigenvalue weighted by atomic mass is 10.1. The minimum Gasteiger partial charge on any atom is -0.496 e. The van der Waals surface area contributed by atoms with Crippen LogP contribution in [0.3, 0.4) is 0 Å². The van der Waals surface area contributed by atoms with Crippen LogP contribution in [0.2, 0.25) is 0 Å². The predicted molar refractivity (Wildman–Crippen MR) is 86.8 cm³/mol. The lowest BCUT2D eigenvalue weighted by Crippen LogP contribution is -2.12. The number of hydrogen-bond acceptors (Lipinski definition) is 5. The van der Waals surface area contributed by atoms with Crippen molar-refractivity contribution in [2.45, 2.75) is 30.8 Å². The molecule has 1 N–H and O–H groups in total. The van der Waals surface area contributed by atoms with Crippen molar-refractivity contribution in [2.24, 2.45) is 0 Å². The molecule has 1 unspecified atom stereocenters. The van der Waals surface area contributed by atoms with E-state index < -0.39 is 0 Å². The molecule has 1 atom stereocenters. The van der Waals surface area contributed by atoms with Crippen LogP contribution in [0.1, 0.15) is 29.7 Å². The van der Waals surface area contributed by atoms with E-state index in [2.05, 4.69) is 34.3 Å². The highest BCUT2D eigenvalue weighted by molar-refractivity contribution is 7.98. The molecule has 0 amide bonds. The minimum absolute atomic E-state index is 0.315. The molecule has 112 valence electrons. The van der Waals surface area contributed by atoms with Gasteiger partial charge in [0.25, 0.3) is 0 Å². The Morgan fingerprint density at radius 3 is 2.62 bits per heavy atom. The molecule has 2 rings (SSSR count). The Balaban J connectivity index is 2.15. The molecular formula is C16H21N3OS. The highest BCUT2D eigenvalue weighted by atomic mass is 32.2. The van der Waals surface area contributed by atoms with Crippen LogP contribution in [0.15, 0.2) is 35.7 Å². The number of rotatable bonds is 6. The van der Waals surface area contributed by atoms with Crippen LogP contribution in [0.5, 0.6) is 5.75 Å². The molecule has 0 aliphatic carbocycles. The minimum atomic E-state index is 0.315. The zero-order valence-corrected chi connectivity index (χ0v) is 13.7. The molecule has 0 fully saturated rings. The van der Waals surface area contributed by atoms with Crippen molar-refractivity contribution >= 4 is 11.8 Å². The summed E-state index contributed by atoms with van der Waals surface area (Å²) in [7, 11) is 3.66. The summed E-state index contributed by atoms with van der Waals surface area (Å²) in [5.41, 5.74) is 3.48. The Morgan fingerprint density at radius 2 is 2.00 bits per heavy atom. The lowest BCUT2D eigenvalue weighted by molar-refractivity contribution is 0.411. The van der Waals surface area contributed by atoms with Crippen LogP contribution < -0.4 is 10.1 Å². The van der Waals surface area contributed by atoms with Crippen molar-refractivity contribution in [3.63, 3.8) is 0 Å². The third kappa shape index (κ3) is 4.19. The summed E-state index contributed by atoms with van der Waals surface area (Å²) in [5.74, 6) is 1.69. The lowest BCUT2D eigenvalue weighted by Gasteiger charge is -2.14. The Morgan fingerprint density at radius 1 is 1.29 bits per heavy atom. The smallest absolute Gasteiger partial charge is 0.187 e. The topological polar surface area (TPSA) is 47.0 Å². The Bertz CT molecular complexity index is 587. The van der Waals surface area contributed by atoms with Crippen molar-refractivity contribution in [2.75, 3.05) is 14.2 Å². The first kappa shape index (κ1) is 15.8. The highest BCUT2D eigenvalue weighted by Gasteiger charge is 2.09. The second-order valence-corrected chi connectivity index (χ2v) is 5.86. The van der Waals surface area contributed by atoms with Crippen LogP contribution in [-0.4, -0.2) is 24.1 Å². The normalized spacial score (nSPS) is 12.2. The number of ether oxygens (including phenoxy) is 1. The molecule has 0 aliphatic rings. The first-order valence-electron chi connectivity index (χ1n) is 6.89. The van der Waals surface area contributed by atoms with Gasteiger partial charge in [-0.3, -0.25) is 0 Å². The summed E-state index contributed by atoms with van der Waals surface area (Å²) in [4.78, 5) is 8.64. The van der Waals surface area contributed by atoms with Crippen LogP contribution in [0, 0.1) is 6.92 Å². The summed E-state index contributed by atoms with van der Waals surface area (Å²) in [6.07, 6.45) is 3.68. The molecule has 0 bridgehead atoms. The van der Waals surface area contributed by atoms with Gasteiger partial charge < -0.3 is 10.1 Å². The van der Waals surface area contributed by atoms with E-state index in [-0.39, 0.29) is 0 Å². The molecule has 4 nitrogen and oxygen atoms in total. The van der Waals surface area contributed by atoms with Gasteiger partial charge in [-0.1, -0.05) is 17.8 Å². The standard InChI is InChI=1S/C16H21N3OS/c1-11-8-18-16(19-9-11)21-10-14-7-13(12(2)17-3)5-6-15(14)20-4/h5-9,12,17H,10H2,1-4H3. The monoisotopic (exact) mass is 303 g/mol. The SMILES string of the molecule is CNC(C)c1ccc(OC)c(CSc2ncc(C)cn2)c1. The summed E-state index contributed by atoms with van der Waals surface area (Å²) in [6.45, 7) is 4.13. The second kappa shape index (κ2) is 7.43. The predicted octanol–water partition coefficient (Wildman–Crippen LogP) is 3.37. The number of nitrogens with one attached hydrogen (secondary N) is 1. The molecule has 21 heavy (non-hydrogen) atoms. The van der Waals surface area contributed by atoms with Crippen molar-refractivity contribution < 1.29 is 4.74 Å². The number of nitrogens with zero attached hydrogens (tertiary/aromatic N) is 2. The van der Waals surface area contributed by atoms with Gasteiger partial charge >= 0.3 is 0 Å². The van der Waals surface area contributed by atoms with Gasteiger partial charge in [-0.25, -0.2) is 9.97 Å². The number of aromatic nitrogens is 2. The first-order valence-corrected chi connectivity index (χ1v) is 7.88. The van der Waals surface area contributed by atoms with Gasteiger partial charge in [0.05, 0.1) is 7.11 Å². The molecule has 1 aromatic heterocycles. The molecule has 0 saturated heterocycles. The number of methoxy groups -OCH3 is 1. The highest BCUT2D eigenvalue weighted by Crippen LogP contribution is 2.28. The van der Waals surface area contributed by atoms with Gasteiger partial charge in [-0.05, 0) is 44.2 Å². The summed E-state index contributed by atoms with van der Waals surface area (Å²) in [5, 5.41) is 4.04. The van der Waals surface area contributed by atoms with Gasteiger partial charge in [0.2, 0.25) is 0 Å². The van der Waals surface area contributed by atoms with E-state index in [0.717, 1.165) is 27.8 Å². The third-order valence-corrected chi connectivity index (χ3v) is 4.28. The largest absolute Gasteiger partial charge is 0.496 e. The van der Waals surface area contributed by atoms with E-state index in [0.29, 0.717) is 6.04 Å². The maximum Gasteiger partial charge on any atom is 0.187 e. The molecule has 0 radical (unpaired) electrons. The van der Waals surface area contributed by atoms with Gasteiger partial charge in [-0.15, -0.1) is 0 Å². The van der Waals surface area contributed by atoms with Crippen molar-refractivity contribution in [3.05, 3.63) is 47.3 Å². The molecule has 0 spiro atoms. The second-order valence-electron chi connectivity index (χ2n) is 4.91. The van der Waals surface area contributed by atoms with Crippen molar-refractivity contribution in [1.82, 2.24) is 15.3 Å². The molecule has 2 aromatic rings. The maximum atomic E-state index is 5.45. The van der Waals surface area contributed by atoms with E-state index in [1.165, 1.54) is 5.56 Å². The fourth-order valence-electron chi connectivity index (χ4n) is 1.94. The molecule has 5 heteroatoms. The Kier molecular flexibility index (Phi) is 5.59. The van der Waals surface area contributed by atoms with Crippen LogP contribution in [0.4, 0.5) is 0 Å². The van der Waals surface area contributed by atoms with Crippen molar-refractivity contribution in [1.29, 1.82) is 0 Å². The quantitative estimate of drug-likeness (QED) is 0.655. The molecular weight excluding hydrogens is 282 g/mol. The zero-order chi connectivity index (χ0) is 15.2. The molecule has 0 aliphatic heterocycles. The maximum absolute atomic E-state index is 5.45. The van der Waals surface area contributed by atoms with Gasteiger partial charge in [-0.2, -0.15) is 0 Å². The molecule has 0 saturated carbocycles. The van der Waals surface area contributed by atoms with Gasteiger partial charge in [0, 0.05) is 29.8 Å². The Labute approximate surface area is 130 Å². The van der Waals surface area contributed by atoms with Crippen LogP contribution in [-0.2, 0) is 5.75 Å². The number of thioether (sulfide) groups is 1. The number of aryl methyl sites for hydroxylation is 1. The van der Waals surface area contributed by atoms with Crippen molar-refractivity contribution in [3.8, 4) is 5.75 Å². The van der Waals surface area contributed by atoms with Gasteiger partial charge in [0.1, 0.15) is 5.75 Å². The summed E-state index contributed by atoms with van der Waals surface area (Å²) in [6, 6.07) is 6.61. The summed E-state index contributed by atoms with van der Waals surface area (Å²) >= 11 is 1.62. The van der Waals surface area contributed by atoms with E-state index in [1.807, 2.05) is 32.4 Å². The zero-order valence-electron chi connectivity index (χ0n) is 12.9. The fourth-order valence-corrected chi connectivity index (χ4v) is 2.71. The number of benzene rings is 1. The Hall–Kier alpha value is -1.59. The average Bonchev–Trinajstić information content (AvgIpc) is 2.53. The van der Waals surface area contributed by atoms with Crippen LogP contribution in [0.25, 0.3) is 0 Å².